The first-order valence-corrected chi connectivity index (χ1v) is 6.37. The van der Waals surface area contributed by atoms with Gasteiger partial charge in [0, 0.05) is 17.8 Å². The number of carboxylic acids is 1. The molecule has 0 aliphatic rings. The van der Waals surface area contributed by atoms with Crippen LogP contribution in [0.2, 0.25) is 0 Å². The summed E-state index contributed by atoms with van der Waals surface area (Å²) in [6.07, 6.45) is 6.20. The Balaban J connectivity index is 1.85. The van der Waals surface area contributed by atoms with Gasteiger partial charge in [-0.25, -0.2) is 4.79 Å². The van der Waals surface area contributed by atoms with Crippen molar-refractivity contribution in [2.24, 2.45) is 0 Å². The lowest BCUT2D eigenvalue weighted by molar-refractivity contribution is 0.0695. The van der Waals surface area contributed by atoms with Crippen LogP contribution < -0.4 is 0 Å². The van der Waals surface area contributed by atoms with Gasteiger partial charge in [0.25, 0.3) is 0 Å². The maximum atomic E-state index is 11.1. The molecular weight excluding hydrogens is 254 g/mol. The Kier molecular flexibility index (Phi) is 3.21. The lowest BCUT2D eigenvalue weighted by atomic mass is 10.0. The number of pyridine rings is 1. The fraction of sp³-hybridized carbons (Fsp3) is 0.125. The van der Waals surface area contributed by atoms with Crippen LogP contribution in [0.25, 0.3) is 11.0 Å². The van der Waals surface area contributed by atoms with Gasteiger partial charge in [-0.15, -0.1) is 0 Å². The van der Waals surface area contributed by atoms with Crippen molar-refractivity contribution in [3.05, 3.63) is 65.7 Å². The third-order valence-corrected chi connectivity index (χ3v) is 3.36. The molecule has 4 heteroatoms. The third-order valence-electron chi connectivity index (χ3n) is 3.36. The summed E-state index contributed by atoms with van der Waals surface area (Å²) < 4.78 is 5.48. The highest BCUT2D eigenvalue weighted by Crippen LogP contribution is 2.22. The first-order valence-electron chi connectivity index (χ1n) is 6.37. The third kappa shape index (κ3) is 2.28. The number of para-hydroxylation sites is 1. The molecule has 2 heterocycles. The molecule has 20 heavy (non-hydrogen) atoms. The number of carboxylic acid groups (broad SMARTS) is 1. The van der Waals surface area contributed by atoms with E-state index in [1.165, 1.54) is 12.3 Å². The Morgan fingerprint density at radius 1 is 1.15 bits per heavy atom. The Morgan fingerprint density at radius 2 is 1.95 bits per heavy atom. The number of nitrogens with zero attached hydrogens (tertiary/aromatic N) is 1. The zero-order chi connectivity index (χ0) is 13.9. The number of benzene rings is 1. The van der Waals surface area contributed by atoms with E-state index in [9.17, 15) is 4.79 Å². The van der Waals surface area contributed by atoms with Crippen molar-refractivity contribution >= 4 is 16.9 Å². The molecule has 2 aromatic heterocycles. The molecule has 100 valence electrons. The average Bonchev–Trinajstić information content (AvgIpc) is 2.88. The van der Waals surface area contributed by atoms with E-state index >= 15 is 0 Å². The fourth-order valence-corrected chi connectivity index (χ4v) is 2.33. The predicted octanol–water partition coefficient (Wildman–Crippen LogP) is 3.31. The second-order valence-electron chi connectivity index (χ2n) is 4.60. The molecule has 0 saturated carbocycles. The van der Waals surface area contributed by atoms with E-state index in [0.717, 1.165) is 28.5 Å². The molecule has 1 aromatic carbocycles. The van der Waals surface area contributed by atoms with Gasteiger partial charge in [0.05, 0.1) is 11.8 Å². The molecule has 1 N–H and O–H groups in total. The minimum Gasteiger partial charge on any atom is -0.478 e. The number of fused-ring (bicyclic) bond motifs is 1. The van der Waals surface area contributed by atoms with Crippen molar-refractivity contribution in [3.63, 3.8) is 0 Å². The van der Waals surface area contributed by atoms with Crippen LogP contribution in [0.1, 0.15) is 21.5 Å². The molecule has 4 nitrogen and oxygen atoms in total. The van der Waals surface area contributed by atoms with Crippen molar-refractivity contribution < 1.29 is 14.3 Å². The number of aromatic carboxylic acids is 1. The van der Waals surface area contributed by atoms with Crippen LogP contribution in [0.3, 0.4) is 0 Å². The highest BCUT2D eigenvalue weighted by Gasteiger charge is 2.11. The summed E-state index contributed by atoms with van der Waals surface area (Å²) in [5, 5.41) is 10.2. The van der Waals surface area contributed by atoms with Crippen molar-refractivity contribution in [2.45, 2.75) is 12.8 Å². The van der Waals surface area contributed by atoms with Crippen molar-refractivity contribution in [1.29, 1.82) is 0 Å². The quantitative estimate of drug-likeness (QED) is 0.787. The Bertz CT molecular complexity index is 761. The van der Waals surface area contributed by atoms with E-state index in [1.807, 2.05) is 24.3 Å². The highest BCUT2D eigenvalue weighted by atomic mass is 16.4. The normalized spacial score (nSPS) is 10.8. The van der Waals surface area contributed by atoms with Gasteiger partial charge < -0.3 is 9.52 Å². The molecular formula is C16H13NO3. The van der Waals surface area contributed by atoms with Crippen molar-refractivity contribution in [2.75, 3.05) is 0 Å². The molecule has 3 aromatic rings. The molecule has 0 saturated heterocycles. The average molecular weight is 267 g/mol. The summed E-state index contributed by atoms with van der Waals surface area (Å²) in [6.45, 7) is 0. The van der Waals surface area contributed by atoms with Crippen LogP contribution in [0.15, 0.2) is 53.4 Å². The molecule has 0 fully saturated rings. The van der Waals surface area contributed by atoms with Crippen LogP contribution in [-0.4, -0.2) is 16.1 Å². The number of aryl methyl sites for hydroxylation is 2. The van der Waals surface area contributed by atoms with Gasteiger partial charge in [0.1, 0.15) is 5.58 Å². The monoisotopic (exact) mass is 267 g/mol. The first-order chi connectivity index (χ1) is 9.75. The minimum atomic E-state index is -0.917. The predicted molar refractivity (Wildman–Crippen MR) is 74.8 cm³/mol. The highest BCUT2D eigenvalue weighted by molar-refractivity contribution is 5.89. The number of aromatic nitrogens is 1. The van der Waals surface area contributed by atoms with Crippen molar-refractivity contribution in [1.82, 2.24) is 4.98 Å². The second-order valence-corrected chi connectivity index (χ2v) is 4.60. The maximum absolute atomic E-state index is 11.1. The second kappa shape index (κ2) is 5.17. The van der Waals surface area contributed by atoms with E-state index in [4.69, 9.17) is 9.52 Å². The van der Waals surface area contributed by atoms with Gasteiger partial charge in [-0.2, -0.15) is 0 Å². The number of rotatable bonds is 4. The fourth-order valence-electron chi connectivity index (χ4n) is 2.33. The van der Waals surface area contributed by atoms with Crippen LogP contribution in [0, 0.1) is 0 Å². The summed E-state index contributed by atoms with van der Waals surface area (Å²) in [5.41, 5.74) is 2.99. The summed E-state index contributed by atoms with van der Waals surface area (Å²) >= 11 is 0. The SMILES string of the molecule is O=C(O)c1ccncc1CCc1coc2ccccc12. The number of carbonyl (C=O) groups is 1. The van der Waals surface area contributed by atoms with E-state index < -0.39 is 5.97 Å². The molecule has 0 aliphatic carbocycles. The molecule has 0 atom stereocenters. The molecule has 0 bridgehead atoms. The largest absolute Gasteiger partial charge is 0.478 e. The summed E-state index contributed by atoms with van der Waals surface area (Å²) in [6, 6.07) is 9.36. The van der Waals surface area contributed by atoms with Crippen LogP contribution in [0.5, 0.6) is 0 Å². The molecule has 3 rings (SSSR count). The Labute approximate surface area is 115 Å². The van der Waals surface area contributed by atoms with Crippen LogP contribution in [-0.2, 0) is 12.8 Å². The maximum Gasteiger partial charge on any atom is 0.336 e. The molecule has 0 spiro atoms. The topological polar surface area (TPSA) is 63.3 Å². The molecule has 0 amide bonds. The molecule has 0 aliphatic heterocycles. The lowest BCUT2D eigenvalue weighted by Gasteiger charge is -2.04. The van der Waals surface area contributed by atoms with E-state index in [2.05, 4.69) is 4.98 Å². The summed E-state index contributed by atoms with van der Waals surface area (Å²) in [4.78, 5) is 15.2. The van der Waals surface area contributed by atoms with E-state index in [0.29, 0.717) is 12.0 Å². The number of furan rings is 1. The van der Waals surface area contributed by atoms with Gasteiger partial charge in [-0.1, -0.05) is 18.2 Å². The zero-order valence-electron chi connectivity index (χ0n) is 10.7. The number of hydrogen-bond donors (Lipinski definition) is 1. The summed E-state index contributed by atoms with van der Waals surface area (Å²) in [7, 11) is 0. The minimum absolute atomic E-state index is 0.313. The molecule has 0 unspecified atom stereocenters. The van der Waals surface area contributed by atoms with E-state index in [-0.39, 0.29) is 0 Å². The first kappa shape index (κ1) is 12.4. The summed E-state index contributed by atoms with van der Waals surface area (Å²) in [5.74, 6) is -0.917. The zero-order valence-corrected chi connectivity index (χ0v) is 10.7. The van der Waals surface area contributed by atoms with Crippen molar-refractivity contribution in [3.8, 4) is 0 Å². The van der Waals surface area contributed by atoms with Gasteiger partial charge in [0.2, 0.25) is 0 Å². The van der Waals surface area contributed by atoms with Crippen LogP contribution >= 0.6 is 0 Å². The standard InChI is InChI=1S/C16H13NO3/c18-16(19)14-7-8-17-9-11(14)5-6-12-10-20-15-4-2-1-3-13(12)15/h1-4,7-10H,5-6H2,(H,18,19). The molecule has 0 radical (unpaired) electrons. The van der Waals surface area contributed by atoms with Gasteiger partial charge in [0.15, 0.2) is 0 Å². The van der Waals surface area contributed by atoms with Gasteiger partial charge >= 0.3 is 5.97 Å². The smallest absolute Gasteiger partial charge is 0.336 e. The van der Waals surface area contributed by atoms with Gasteiger partial charge in [-0.3, -0.25) is 4.98 Å². The lowest BCUT2D eigenvalue weighted by Crippen LogP contribution is -2.04. The Hall–Kier alpha value is -2.62. The van der Waals surface area contributed by atoms with E-state index in [1.54, 1.807) is 12.5 Å². The van der Waals surface area contributed by atoms with Crippen LogP contribution in [0.4, 0.5) is 0 Å². The van der Waals surface area contributed by atoms with Gasteiger partial charge in [-0.05, 0) is 36.1 Å². The Morgan fingerprint density at radius 3 is 2.80 bits per heavy atom. The number of hydrogen-bond acceptors (Lipinski definition) is 3.